The zero-order valence-corrected chi connectivity index (χ0v) is 15.5. The summed E-state index contributed by atoms with van der Waals surface area (Å²) in [6.45, 7) is 7.54. The summed E-state index contributed by atoms with van der Waals surface area (Å²) in [7, 11) is 0. The highest BCUT2D eigenvalue weighted by atomic mass is 16.2. The SMILES string of the molecule is Cc1ccc(NC(=O)NCc2cccn2Cc2cc(C)ccc2C)cc1. The van der Waals surface area contributed by atoms with Crippen LogP contribution in [0.3, 0.4) is 0 Å². The van der Waals surface area contributed by atoms with Gasteiger partial charge in [-0.3, -0.25) is 0 Å². The Balaban J connectivity index is 1.61. The molecule has 4 heteroatoms. The van der Waals surface area contributed by atoms with Gasteiger partial charge < -0.3 is 15.2 Å². The number of carbonyl (C=O) groups excluding carboxylic acids is 1. The van der Waals surface area contributed by atoms with Crippen molar-refractivity contribution in [1.82, 2.24) is 9.88 Å². The van der Waals surface area contributed by atoms with E-state index in [4.69, 9.17) is 0 Å². The molecule has 0 saturated carbocycles. The quantitative estimate of drug-likeness (QED) is 0.685. The number of nitrogens with zero attached hydrogens (tertiary/aromatic N) is 1. The van der Waals surface area contributed by atoms with Crippen LogP contribution in [0.4, 0.5) is 10.5 Å². The Morgan fingerprint density at radius 1 is 0.962 bits per heavy atom. The van der Waals surface area contributed by atoms with Crippen molar-refractivity contribution in [1.29, 1.82) is 0 Å². The first-order valence-corrected chi connectivity index (χ1v) is 8.83. The molecule has 2 amide bonds. The van der Waals surface area contributed by atoms with Crippen molar-refractivity contribution in [2.45, 2.75) is 33.9 Å². The van der Waals surface area contributed by atoms with E-state index < -0.39 is 0 Å². The van der Waals surface area contributed by atoms with Gasteiger partial charge in [0.1, 0.15) is 0 Å². The van der Waals surface area contributed by atoms with Crippen LogP contribution in [0.25, 0.3) is 0 Å². The van der Waals surface area contributed by atoms with Gasteiger partial charge in [0.25, 0.3) is 0 Å². The Labute approximate surface area is 154 Å². The minimum absolute atomic E-state index is 0.201. The summed E-state index contributed by atoms with van der Waals surface area (Å²) in [6, 6.07) is 18.1. The number of rotatable bonds is 5. The van der Waals surface area contributed by atoms with Crippen molar-refractivity contribution in [3.63, 3.8) is 0 Å². The molecule has 2 aromatic carbocycles. The van der Waals surface area contributed by atoms with Crippen molar-refractivity contribution >= 4 is 11.7 Å². The minimum atomic E-state index is -0.201. The molecule has 0 unspecified atom stereocenters. The van der Waals surface area contributed by atoms with Crippen molar-refractivity contribution in [2.75, 3.05) is 5.32 Å². The molecule has 0 bridgehead atoms. The molecule has 0 aliphatic rings. The zero-order valence-electron chi connectivity index (χ0n) is 15.5. The third-order valence-electron chi connectivity index (χ3n) is 4.51. The summed E-state index contributed by atoms with van der Waals surface area (Å²) >= 11 is 0. The highest BCUT2D eigenvalue weighted by Gasteiger charge is 2.07. The van der Waals surface area contributed by atoms with Crippen LogP contribution in [0.2, 0.25) is 0 Å². The highest BCUT2D eigenvalue weighted by Crippen LogP contribution is 2.14. The molecular formula is C22H25N3O. The predicted molar refractivity (Wildman–Crippen MR) is 106 cm³/mol. The summed E-state index contributed by atoms with van der Waals surface area (Å²) in [4.78, 5) is 12.1. The summed E-state index contributed by atoms with van der Waals surface area (Å²) in [5, 5.41) is 5.79. The number of hydrogen-bond donors (Lipinski definition) is 2. The summed E-state index contributed by atoms with van der Waals surface area (Å²) < 4.78 is 2.17. The largest absolute Gasteiger partial charge is 0.345 e. The molecule has 4 nitrogen and oxygen atoms in total. The van der Waals surface area contributed by atoms with Gasteiger partial charge in [0.15, 0.2) is 0 Å². The third-order valence-corrected chi connectivity index (χ3v) is 4.51. The number of aryl methyl sites for hydroxylation is 3. The Hall–Kier alpha value is -3.01. The Morgan fingerprint density at radius 3 is 2.46 bits per heavy atom. The van der Waals surface area contributed by atoms with E-state index in [2.05, 4.69) is 53.4 Å². The zero-order chi connectivity index (χ0) is 18.5. The Bertz CT molecular complexity index is 894. The second-order valence-electron chi connectivity index (χ2n) is 6.73. The minimum Gasteiger partial charge on any atom is -0.345 e. The van der Waals surface area contributed by atoms with Crippen LogP contribution in [0.15, 0.2) is 60.8 Å². The second kappa shape index (κ2) is 7.91. The predicted octanol–water partition coefficient (Wildman–Crippen LogP) is 4.78. The number of benzene rings is 2. The molecular weight excluding hydrogens is 322 g/mol. The van der Waals surface area contributed by atoms with Crippen LogP contribution < -0.4 is 10.6 Å². The van der Waals surface area contributed by atoms with Gasteiger partial charge >= 0.3 is 6.03 Å². The van der Waals surface area contributed by atoms with Crippen molar-refractivity contribution in [3.8, 4) is 0 Å². The van der Waals surface area contributed by atoms with Gasteiger partial charge in [-0.2, -0.15) is 0 Å². The number of hydrogen-bond acceptors (Lipinski definition) is 1. The fourth-order valence-electron chi connectivity index (χ4n) is 2.90. The molecule has 26 heavy (non-hydrogen) atoms. The molecule has 0 aliphatic heterocycles. The maximum atomic E-state index is 12.1. The molecule has 1 aromatic heterocycles. The van der Waals surface area contributed by atoms with Gasteiger partial charge in [0.2, 0.25) is 0 Å². The molecule has 134 valence electrons. The fraction of sp³-hybridized carbons (Fsp3) is 0.227. The van der Waals surface area contributed by atoms with Crippen LogP contribution in [0, 0.1) is 20.8 Å². The molecule has 3 aromatic rings. The van der Waals surface area contributed by atoms with Crippen LogP contribution in [-0.2, 0) is 13.1 Å². The third kappa shape index (κ3) is 4.54. The lowest BCUT2D eigenvalue weighted by molar-refractivity contribution is 0.251. The van der Waals surface area contributed by atoms with E-state index >= 15 is 0 Å². The molecule has 2 N–H and O–H groups in total. The number of anilines is 1. The van der Waals surface area contributed by atoms with Gasteiger partial charge in [-0.1, -0.05) is 41.5 Å². The Morgan fingerprint density at radius 2 is 1.69 bits per heavy atom. The number of nitrogens with one attached hydrogen (secondary N) is 2. The van der Waals surface area contributed by atoms with Crippen molar-refractivity contribution < 1.29 is 4.79 Å². The summed E-state index contributed by atoms with van der Waals surface area (Å²) in [5.74, 6) is 0. The van der Waals surface area contributed by atoms with E-state index in [1.54, 1.807) is 0 Å². The first kappa shape index (κ1) is 17.8. The highest BCUT2D eigenvalue weighted by molar-refractivity contribution is 5.89. The molecule has 0 aliphatic carbocycles. The van der Waals surface area contributed by atoms with E-state index in [9.17, 15) is 4.79 Å². The lowest BCUT2D eigenvalue weighted by Gasteiger charge is -2.13. The molecule has 0 radical (unpaired) electrons. The van der Waals surface area contributed by atoms with Crippen LogP contribution in [0.1, 0.15) is 27.9 Å². The number of aromatic nitrogens is 1. The van der Waals surface area contributed by atoms with E-state index in [0.717, 1.165) is 17.9 Å². The number of carbonyl (C=O) groups is 1. The standard InChI is InChI=1S/C22H25N3O/c1-16-7-10-20(11-8-16)24-22(26)23-14-21-5-4-12-25(21)15-19-13-17(2)6-9-18(19)3/h4-13H,14-15H2,1-3H3,(H2,23,24,26). The van der Waals surface area contributed by atoms with Gasteiger partial charge in [0, 0.05) is 24.1 Å². The molecule has 0 spiro atoms. The topological polar surface area (TPSA) is 46.1 Å². The normalized spacial score (nSPS) is 10.6. The van der Waals surface area contributed by atoms with E-state index in [1.807, 2.05) is 43.3 Å². The summed E-state index contributed by atoms with van der Waals surface area (Å²) in [6.07, 6.45) is 2.05. The first-order chi connectivity index (χ1) is 12.5. The first-order valence-electron chi connectivity index (χ1n) is 8.83. The van der Waals surface area contributed by atoms with Crippen LogP contribution >= 0.6 is 0 Å². The van der Waals surface area contributed by atoms with E-state index in [1.165, 1.54) is 22.3 Å². The van der Waals surface area contributed by atoms with Gasteiger partial charge in [-0.05, 0) is 56.2 Å². The van der Waals surface area contributed by atoms with Crippen molar-refractivity contribution in [2.24, 2.45) is 0 Å². The average molecular weight is 347 g/mol. The molecule has 0 fully saturated rings. The maximum Gasteiger partial charge on any atom is 0.319 e. The second-order valence-corrected chi connectivity index (χ2v) is 6.73. The average Bonchev–Trinajstić information content (AvgIpc) is 3.05. The lowest BCUT2D eigenvalue weighted by atomic mass is 10.1. The lowest BCUT2D eigenvalue weighted by Crippen LogP contribution is -2.29. The summed E-state index contributed by atoms with van der Waals surface area (Å²) in [5.41, 5.74) is 6.87. The molecule has 1 heterocycles. The molecule has 0 saturated heterocycles. The van der Waals surface area contributed by atoms with Gasteiger partial charge in [-0.25, -0.2) is 4.79 Å². The van der Waals surface area contributed by atoms with Gasteiger partial charge in [-0.15, -0.1) is 0 Å². The van der Waals surface area contributed by atoms with E-state index in [0.29, 0.717) is 6.54 Å². The smallest absolute Gasteiger partial charge is 0.319 e. The van der Waals surface area contributed by atoms with Gasteiger partial charge in [0.05, 0.1) is 6.54 Å². The number of urea groups is 1. The molecule has 3 rings (SSSR count). The maximum absolute atomic E-state index is 12.1. The van der Waals surface area contributed by atoms with E-state index in [-0.39, 0.29) is 6.03 Å². The molecule has 0 atom stereocenters. The number of amides is 2. The van der Waals surface area contributed by atoms with Crippen LogP contribution in [0.5, 0.6) is 0 Å². The Kier molecular flexibility index (Phi) is 5.42. The fourth-order valence-corrected chi connectivity index (χ4v) is 2.90. The van der Waals surface area contributed by atoms with Crippen molar-refractivity contribution in [3.05, 3.63) is 88.7 Å². The monoisotopic (exact) mass is 347 g/mol. The van der Waals surface area contributed by atoms with Crippen LogP contribution in [-0.4, -0.2) is 10.6 Å².